The zero-order valence-electron chi connectivity index (χ0n) is 14.8. The van der Waals surface area contributed by atoms with Gasteiger partial charge in [0.25, 0.3) is 0 Å². The Morgan fingerprint density at radius 1 is 1.15 bits per heavy atom. The highest BCUT2D eigenvalue weighted by Gasteiger charge is 2.13. The fourth-order valence-electron chi connectivity index (χ4n) is 2.69. The van der Waals surface area contributed by atoms with Crippen LogP contribution in [0.2, 0.25) is 5.02 Å². The molecule has 0 saturated carbocycles. The van der Waals surface area contributed by atoms with Crippen LogP contribution in [-0.2, 0) is 13.0 Å². The zero-order valence-corrected chi connectivity index (χ0v) is 15.6. The molecule has 2 N–H and O–H groups in total. The smallest absolute Gasteiger partial charge is 0.231 e. The Morgan fingerprint density at radius 3 is 2.81 bits per heavy atom. The largest absolute Gasteiger partial charge is 0.496 e. The lowest BCUT2D eigenvalue weighted by atomic mass is 10.1. The summed E-state index contributed by atoms with van der Waals surface area (Å²) in [5, 5.41) is 7.23. The molecule has 26 heavy (non-hydrogen) atoms. The number of aliphatic imine (C=N–C) groups is 1. The zero-order chi connectivity index (χ0) is 18.4. The quantitative estimate of drug-likeness (QED) is 0.600. The van der Waals surface area contributed by atoms with Gasteiger partial charge in [-0.1, -0.05) is 23.7 Å². The molecule has 1 aliphatic heterocycles. The van der Waals surface area contributed by atoms with E-state index in [0.29, 0.717) is 18.4 Å². The number of hydrogen-bond acceptors (Lipinski definition) is 4. The van der Waals surface area contributed by atoms with Crippen molar-refractivity contribution in [3.05, 3.63) is 52.5 Å². The third kappa shape index (κ3) is 4.52. The van der Waals surface area contributed by atoms with E-state index in [-0.39, 0.29) is 0 Å². The van der Waals surface area contributed by atoms with Crippen molar-refractivity contribution in [1.29, 1.82) is 0 Å². The molecule has 0 aromatic heterocycles. The van der Waals surface area contributed by atoms with E-state index in [1.807, 2.05) is 30.3 Å². The maximum absolute atomic E-state index is 5.99. The summed E-state index contributed by atoms with van der Waals surface area (Å²) in [7, 11) is 3.38. The summed E-state index contributed by atoms with van der Waals surface area (Å²) >= 11 is 5.99. The molecule has 138 valence electrons. The molecule has 0 amide bonds. The van der Waals surface area contributed by atoms with Crippen LogP contribution in [0.25, 0.3) is 0 Å². The van der Waals surface area contributed by atoms with Gasteiger partial charge in [-0.3, -0.25) is 4.99 Å². The third-order valence-corrected chi connectivity index (χ3v) is 4.30. The Balaban J connectivity index is 1.49. The van der Waals surface area contributed by atoms with E-state index in [1.54, 1.807) is 20.2 Å². The number of nitrogens with zero attached hydrogens (tertiary/aromatic N) is 1. The molecule has 0 atom stereocenters. The third-order valence-electron chi connectivity index (χ3n) is 4.06. The van der Waals surface area contributed by atoms with E-state index in [1.165, 1.54) is 5.56 Å². The second-order valence-corrected chi connectivity index (χ2v) is 6.18. The van der Waals surface area contributed by atoms with Gasteiger partial charge in [-0.25, -0.2) is 0 Å². The molecule has 3 rings (SSSR count). The highest BCUT2D eigenvalue weighted by molar-refractivity contribution is 6.30. The molecule has 1 aliphatic rings. The van der Waals surface area contributed by atoms with Gasteiger partial charge in [0.2, 0.25) is 6.79 Å². The average molecular weight is 376 g/mol. The molecule has 7 heteroatoms. The first-order valence-corrected chi connectivity index (χ1v) is 8.73. The van der Waals surface area contributed by atoms with Crippen LogP contribution in [0.1, 0.15) is 11.1 Å². The Labute approximate surface area is 158 Å². The molecule has 2 aromatic rings. The average Bonchev–Trinajstić information content (AvgIpc) is 3.13. The normalized spacial score (nSPS) is 12.8. The maximum atomic E-state index is 5.99. The number of methoxy groups -OCH3 is 1. The lowest BCUT2D eigenvalue weighted by molar-refractivity contribution is 0.174. The van der Waals surface area contributed by atoms with Crippen LogP contribution in [0.3, 0.4) is 0 Å². The lowest BCUT2D eigenvalue weighted by Gasteiger charge is -2.14. The molecule has 2 aromatic carbocycles. The summed E-state index contributed by atoms with van der Waals surface area (Å²) in [6, 6.07) is 11.6. The van der Waals surface area contributed by atoms with Crippen LogP contribution >= 0.6 is 11.6 Å². The molecule has 0 bridgehead atoms. The lowest BCUT2D eigenvalue weighted by Crippen LogP contribution is -2.37. The second kappa shape index (κ2) is 8.67. The highest BCUT2D eigenvalue weighted by atomic mass is 35.5. The Morgan fingerprint density at radius 2 is 2.00 bits per heavy atom. The van der Waals surface area contributed by atoms with E-state index in [0.717, 1.165) is 41.7 Å². The molecule has 0 radical (unpaired) electrons. The second-order valence-electron chi connectivity index (χ2n) is 5.75. The number of hydrogen-bond donors (Lipinski definition) is 2. The minimum absolute atomic E-state index is 0.293. The Bertz CT molecular complexity index is 796. The fraction of sp³-hybridized carbons (Fsp3) is 0.316. The van der Waals surface area contributed by atoms with E-state index in [9.17, 15) is 0 Å². The van der Waals surface area contributed by atoms with Crippen LogP contribution in [-0.4, -0.2) is 33.5 Å². The molecule has 0 aliphatic carbocycles. The minimum atomic E-state index is 0.293. The number of rotatable bonds is 6. The summed E-state index contributed by atoms with van der Waals surface area (Å²) in [5.41, 5.74) is 2.19. The maximum Gasteiger partial charge on any atom is 0.231 e. The molecule has 0 fully saturated rings. The predicted octanol–water partition coefficient (Wildman–Crippen LogP) is 2.99. The van der Waals surface area contributed by atoms with Gasteiger partial charge in [0.1, 0.15) is 5.75 Å². The molecular formula is C19H22ClN3O3. The Kier molecular flexibility index (Phi) is 6.07. The van der Waals surface area contributed by atoms with Gasteiger partial charge in [0.15, 0.2) is 17.5 Å². The summed E-state index contributed by atoms with van der Waals surface area (Å²) in [6.07, 6.45) is 0.849. The highest BCUT2D eigenvalue weighted by Crippen LogP contribution is 2.32. The Hall–Kier alpha value is -2.60. The van der Waals surface area contributed by atoms with Crippen molar-refractivity contribution in [3.8, 4) is 17.2 Å². The monoisotopic (exact) mass is 375 g/mol. The van der Waals surface area contributed by atoms with Gasteiger partial charge >= 0.3 is 0 Å². The van der Waals surface area contributed by atoms with Gasteiger partial charge in [-0.2, -0.15) is 0 Å². The van der Waals surface area contributed by atoms with E-state index in [4.69, 9.17) is 25.8 Å². The first-order chi connectivity index (χ1) is 12.7. The molecule has 6 nitrogen and oxygen atoms in total. The predicted molar refractivity (Wildman–Crippen MR) is 102 cm³/mol. The van der Waals surface area contributed by atoms with Crippen molar-refractivity contribution in [1.82, 2.24) is 10.6 Å². The SMILES string of the molecule is CN=C(NCCc1ccc2c(c1)OCO2)NCc1ccc(Cl)cc1OC. The summed E-state index contributed by atoms with van der Waals surface area (Å²) in [5.74, 6) is 3.08. The van der Waals surface area contributed by atoms with Crippen molar-refractivity contribution < 1.29 is 14.2 Å². The van der Waals surface area contributed by atoms with Crippen molar-refractivity contribution >= 4 is 17.6 Å². The van der Waals surface area contributed by atoms with Crippen LogP contribution < -0.4 is 24.8 Å². The van der Waals surface area contributed by atoms with Crippen molar-refractivity contribution in [2.75, 3.05) is 27.5 Å². The van der Waals surface area contributed by atoms with Crippen molar-refractivity contribution in [3.63, 3.8) is 0 Å². The molecule has 1 heterocycles. The van der Waals surface area contributed by atoms with Crippen molar-refractivity contribution in [2.45, 2.75) is 13.0 Å². The van der Waals surface area contributed by atoms with E-state index in [2.05, 4.69) is 15.6 Å². The van der Waals surface area contributed by atoms with Gasteiger partial charge in [0.05, 0.1) is 7.11 Å². The molecule has 0 unspecified atom stereocenters. The van der Waals surface area contributed by atoms with E-state index >= 15 is 0 Å². The number of nitrogens with one attached hydrogen (secondary N) is 2. The fourth-order valence-corrected chi connectivity index (χ4v) is 2.85. The van der Waals surface area contributed by atoms with Crippen LogP contribution in [0.15, 0.2) is 41.4 Å². The minimum Gasteiger partial charge on any atom is -0.496 e. The van der Waals surface area contributed by atoms with Crippen LogP contribution in [0, 0.1) is 0 Å². The number of guanidine groups is 1. The molecule has 0 saturated heterocycles. The summed E-state index contributed by atoms with van der Waals surface area (Å²) < 4.78 is 16.1. The van der Waals surface area contributed by atoms with Crippen LogP contribution in [0.4, 0.5) is 0 Å². The summed E-state index contributed by atoms with van der Waals surface area (Å²) in [4.78, 5) is 4.25. The summed E-state index contributed by atoms with van der Waals surface area (Å²) in [6.45, 7) is 1.63. The van der Waals surface area contributed by atoms with E-state index < -0.39 is 0 Å². The molecular weight excluding hydrogens is 354 g/mol. The number of fused-ring (bicyclic) bond motifs is 1. The van der Waals surface area contributed by atoms with Crippen molar-refractivity contribution in [2.24, 2.45) is 4.99 Å². The number of halogens is 1. The number of benzene rings is 2. The number of ether oxygens (including phenoxy) is 3. The topological polar surface area (TPSA) is 64.1 Å². The first-order valence-electron chi connectivity index (χ1n) is 8.35. The van der Waals surface area contributed by atoms with Gasteiger partial charge in [0, 0.05) is 30.7 Å². The van der Waals surface area contributed by atoms with Gasteiger partial charge < -0.3 is 24.8 Å². The van der Waals surface area contributed by atoms with Crippen LogP contribution in [0.5, 0.6) is 17.2 Å². The standard InChI is InChI=1S/C19H22ClN3O3/c1-21-19(23-11-14-4-5-15(20)10-17(14)24-2)22-8-7-13-3-6-16-18(9-13)26-12-25-16/h3-6,9-10H,7-8,11-12H2,1-2H3,(H2,21,22,23). The molecule has 0 spiro atoms. The van der Waals surface area contributed by atoms with Gasteiger partial charge in [-0.15, -0.1) is 0 Å². The van der Waals surface area contributed by atoms with Gasteiger partial charge in [-0.05, 0) is 36.2 Å². The first kappa shape index (κ1) is 18.2.